The Morgan fingerprint density at radius 1 is 1.42 bits per heavy atom. The molecule has 0 radical (unpaired) electrons. The zero-order valence-electron chi connectivity index (χ0n) is 10.9. The van der Waals surface area contributed by atoms with E-state index in [1.165, 1.54) is 11.3 Å². The summed E-state index contributed by atoms with van der Waals surface area (Å²) >= 11 is 7.26. The lowest BCUT2D eigenvalue weighted by molar-refractivity contribution is -0.144. The Morgan fingerprint density at radius 3 is 2.84 bits per heavy atom. The van der Waals surface area contributed by atoms with E-state index in [2.05, 4.69) is 5.32 Å². The second kappa shape index (κ2) is 8.93. The van der Waals surface area contributed by atoms with Gasteiger partial charge in [-0.15, -0.1) is 11.3 Å². The topological polar surface area (TPSA) is 55.4 Å². The average molecular weight is 304 g/mol. The third-order valence-electron chi connectivity index (χ3n) is 2.42. The van der Waals surface area contributed by atoms with Gasteiger partial charge in [0.1, 0.15) is 6.54 Å². The van der Waals surface area contributed by atoms with E-state index in [9.17, 15) is 9.59 Å². The molecule has 1 amide bonds. The first-order valence-corrected chi connectivity index (χ1v) is 7.47. The van der Waals surface area contributed by atoms with Crippen molar-refractivity contribution in [3.8, 4) is 0 Å². The van der Waals surface area contributed by atoms with Crippen molar-refractivity contribution in [3.63, 3.8) is 0 Å². The number of carbonyl (C=O) groups excluding carboxylic acids is 2. The quantitative estimate of drug-likeness (QED) is 0.593. The summed E-state index contributed by atoms with van der Waals surface area (Å²) in [5, 5.41) is 2.54. The molecule has 0 spiro atoms. The molecule has 1 rings (SSSR count). The number of rotatable bonds is 8. The van der Waals surface area contributed by atoms with Crippen LogP contribution in [-0.4, -0.2) is 25.0 Å². The maximum atomic E-state index is 11.5. The molecule has 1 aromatic rings. The fraction of sp³-hybridized carbons (Fsp3) is 0.538. The van der Waals surface area contributed by atoms with Crippen LogP contribution in [-0.2, 0) is 20.7 Å². The highest BCUT2D eigenvalue weighted by atomic mass is 35.5. The lowest BCUT2D eigenvalue weighted by Crippen LogP contribution is -2.30. The van der Waals surface area contributed by atoms with Crippen LogP contribution in [0.25, 0.3) is 0 Å². The molecule has 1 N–H and O–H groups in total. The Bertz CT molecular complexity index is 420. The van der Waals surface area contributed by atoms with Gasteiger partial charge >= 0.3 is 5.97 Å². The highest BCUT2D eigenvalue weighted by Crippen LogP contribution is 2.22. The third kappa shape index (κ3) is 7.18. The molecule has 1 heterocycles. The third-order valence-corrected chi connectivity index (χ3v) is 3.71. The number of thiophene rings is 1. The molecular weight excluding hydrogens is 286 g/mol. The summed E-state index contributed by atoms with van der Waals surface area (Å²) in [6.45, 7) is 2.37. The summed E-state index contributed by atoms with van der Waals surface area (Å²) < 4.78 is 5.65. The van der Waals surface area contributed by atoms with Gasteiger partial charge in [0, 0.05) is 11.3 Å². The number of unbranched alkanes of at least 4 members (excludes halogenated alkanes) is 1. The summed E-state index contributed by atoms with van der Waals surface area (Å²) in [6, 6.07) is 3.71. The maximum Gasteiger partial charge on any atom is 0.325 e. The van der Waals surface area contributed by atoms with E-state index in [0.717, 1.165) is 22.1 Å². The number of amides is 1. The van der Waals surface area contributed by atoms with Crippen LogP contribution in [0.1, 0.15) is 31.1 Å². The van der Waals surface area contributed by atoms with E-state index in [0.29, 0.717) is 19.4 Å². The number of esters is 1. The Hall–Kier alpha value is -1.07. The van der Waals surface area contributed by atoms with Crippen LogP contribution in [0.2, 0.25) is 4.34 Å². The number of halogens is 1. The molecule has 0 unspecified atom stereocenters. The van der Waals surface area contributed by atoms with Crippen molar-refractivity contribution in [2.75, 3.05) is 13.2 Å². The number of aryl methyl sites for hydroxylation is 1. The summed E-state index contributed by atoms with van der Waals surface area (Å²) in [6.07, 6.45) is 2.80. The van der Waals surface area contributed by atoms with Gasteiger partial charge in [-0.1, -0.05) is 24.9 Å². The standard InChI is InChI=1S/C13H18ClNO3S/c1-2-3-8-18-13(17)9-15-12(16)7-5-10-4-6-11(14)19-10/h4,6H,2-3,5,7-9H2,1H3,(H,15,16). The molecule has 4 nitrogen and oxygen atoms in total. The minimum absolute atomic E-state index is 0.0618. The fourth-order valence-electron chi connectivity index (χ4n) is 1.36. The first-order chi connectivity index (χ1) is 9.11. The maximum absolute atomic E-state index is 11.5. The van der Waals surface area contributed by atoms with Crippen molar-refractivity contribution < 1.29 is 14.3 Å². The van der Waals surface area contributed by atoms with Crippen molar-refractivity contribution >= 4 is 34.8 Å². The first kappa shape index (κ1) is 16.0. The SMILES string of the molecule is CCCCOC(=O)CNC(=O)CCc1ccc(Cl)s1. The van der Waals surface area contributed by atoms with E-state index in [1.807, 2.05) is 19.1 Å². The van der Waals surface area contributed by atoms with E-state index >= 15 is 0 Å². The van der Waals surface area contributed by atoms with Crippen LogP contribution in [0.4, 0.5) is 0 Å². The summed E-state index contributed by atoms with van der Waals surface area (Å²) in [7, 11) is 0. The molecule has 0 aromatic carbocycles. The first-order valence-electron chi connectivity index (χ1n) is 6.28. The lowest BCUT2D eigenvalue weighted by Gasteiger charge is -2.05. The molecule has 0 saturated carbocycles. The van der Waals surface area contributed by atoms with E-state index in [4.69, 9.17) is 16.3 Å². The number of ether oxygens (including phenoxy) is 1. The molecule has 0 aliphatic carbocycles. The molecule has 0 saturated heterocycles. The molecule has 0 atom stereocenters. The minimum atomic E-state index is -0.388. The summed E-state index contributed by atoms with van der Waals surface area (Å²) in [5.41, 5.74) is 0. The van der Waals surface area contributed by atoms with Crippen molar-refractivity contribution in [2.24, 2.45) is 0 Å². The van der Waals surface area contributed by atoms with Crippen LogP contribution in [0.15, 0.2) is 12.1 Å². The van der Waals surface area contributed by atoms with E-state index < -0.39 is 0 Å². The van der Waals surface area contributed by atoms with Crippen molar-refractivity contribution in [1.82, 2.24) is 5.32 Å². The summed E-state index contributed by atoms with van der Waals surface area (Å²) in [4.78, 5) is 23.8. The van der Waals surface area contributed by atoms with Gasteiger partial charge in [0.05, 0.1) is 10.9 Å². The normalized spacial score (nSPS) is 10.2. The van der Waals surface area contributed by atoms with E-state index in [1.54, 1.807) is 0 Å². The van der Waals surface area contributed by atoms with Crippen LogP contribution in [0, 0.1) is 0 Å². The van der Waals surface area contributed by atoms with Crippen LogP contribution in [0.5, 0.6) is 0 Å². The minimum Gasteiger partial charge on any atom is -0.464 e. The molecular formula is C13H18ClNO3S. The fourth-order valence-corrected chi connectivity index (χ4v) is 2.45. The predicted molar refractivity (Wildman–Crippen MR) is 76.5 cm³/mol. The second-order valence-corrected chi connectivity index (χ2v) is 5.86. The zero-order chi connectivity index (χ0) is 14.1. The molecule has 1 aromatic heterocycles. The monoisotopic (exact) mass is 303 g/mol. The molecule has 106 valence electrons. The molecule has 19 heavy (non-hydrogen) atoms. The lowest BCUT2D eigenvalue weighted by atomic mass is 10.2. The number of hydrogen-bond acceptors (Lipinski definition) is 4. The molecule has 6 heteroatoms. The zero-order valence-corrected chi connectivity index (χ0v) is 12.5. The van der Waals surface area contributed by atoms with Gasteiger partial charge in [0.2, 0.25) is 5.91 Å². The number of nitrogens with one attached hydrogen (secondary N) is 1. The second-order valence-electron chi connectivity index (χ2n) is 4.06. The van der Waals surface area contributed by atoms with Gasteiger partial charge in [0.25, 0.3) is 0 Å². The number of carbonyl (C=O) groups is 2. The van der Waals surface area contributed by atoms with Gasteiger partial charge in [-0.05, 0) is 25.0 Å². The number of hydrogen-bond donors (Lipinski definition) is 1. The molecule has 0 aliphatic rings. The van der Waals surface area contributed by atoms with Crippen molar-refractivity contribution in [1.29, 1.82) is 0 Å². The Kier molecular flexibility index (Phi) is 7.52. The van der Waals surface area contributed by atoms with Gasteiger partial charge in [0.15, 0.2) is 0 Å². The molecule has 0 bridgehead atoms. The highest BCUT2D eigenvalue weighted by Gasteiger charge is 2.07. The largest absolute Gasteiger partial charge is 0.464 e. The van der Waals surface area contributed by atoms with Crippen molar-refractivity contribution in [3.05, 3.63) is 21.3 Å². The van der Waals surface area contributed by atoms with Gasteiger partial charge in [-0.25, -0.2) is 0 Å². The summed E-state index contributed by atoms with van der Waals surface area (Å²) in [5.74, 6) is -0.544. The van der Waals surface area contributed by atoms with Gasteiger partial charge in [-0.2, -0.15) is 0 Å². The Balaban J connectivity index is 2.12. The van der Waals surface area contributed by atoms with Crippen LogP contribution >= 0.6 is 22.9 Å². The van der Waals surface area contributed by atoms with Crippen LogP contribution in [0.3, 0.4) is 0 Å². The van der Waals surface area contributed by atoms with Crippen LogP contribution < -0.4 is 5.32 Å². The van der Waals surface area contributed by atoms with Gasteiger partial charge < -0.3 is 10.1 Å². The Labute approximate surface area is 122 Å². The molecule has 0 fully saturated rings. The predicted octanol–water partition coefficient (Wildman–Crippen LogP) is 2.79. The van der Waals surface area contributed by atoms with Gasteiger partial charge in [-0.3, -0.25) is 9.59 Å². The molecule has 0 aliphatic heterocycles. The average Bonchev–Trinajstić information content (AvgIpc) is 2.80. The highest BCUT2D eigenvalue weighted by molar-refractivity contribution is 7.16. The smallest absolute Gasteiger partial charge is 0.325 e. The van der Waals surface area contributed by atoms with E-state index in [-0.39, 0.29) is 18.4 Å². The Morgan fingerprint density at radius 2 is 2.21 bits per heavy atom. The van der Waals surface area contributed by atoms with Crippen molar-refractivity contribution in [2.45, 2.75) is 32.6 Å².